The first kappa shape index (κ1) is 15.1. The molecule has 1 aliphatic heterocycles. The van der Waals surface area contributed by atoms with Crippen molar-refractivity contribution in [1.82, 2.24) is 4.90 Å². The monoisotopic (exact) mass is 289 g/mol. The first-order valence-electron chi connectivity index (χ1n) is 6.53. The zero-order valence-corrected chi connectivity index (χ0v) is 11.3. The van der Waals surface area contributed by atoms with Gasteiger partial charge in [0.25, 0.3) is 0 Å². The summed E-state index contributed by atoms with van der Waals surface area (Å²) < 4.78 is 43.8. The topological polar surface area (TPSA) is 32.7 Å². The Morgan fingerprint density at radius 2 is 1.85 bits per heavy atom. The molecule has 1 fully saturated rings. The largest absolute Gasteiger partial charge is 0.487 e. The van der Waals surface area contributed by atoms with Crippen LogP contribution in [0.5, 0.6) is 5.75 Å². The van der Waals surface area contributed by atoms with E-state index in [1.54, 1.807) is 49.1 Å². The molecular weight excluding hydrogens is 271 g/mol. The van der Waals surface area contributed by atoms with Gasteiger partial charge in [0, 0.05) is 12.6 Å². The molecule has 0 saturated carbocycles. The number of halogens is 3. The molecule has 0 amide bonds. The van der Waals surface area contributed by atoms with E-state index in [-0.39, 0.29) is 6.04 Å². The molecule has 6 heteroatoms. The molecular formula is C14H18F3NO2. The van der Waals surface area contributed by atoms with Gasteiger partial charge in [-0.05, 0) is 26.0 Å². The molecule has 0 unspecified atom stereocenters. The van der Waals surface area contributed by atoms with Gasteiger partial charge in [0.05, 0.1) is 6.04 Å². The predicted molar refractivity (Wildman–Crippen MR) is 68.5 cm³/mol. The lowest BCUT2D eigenvalue weighted by atomic mass is 9.91. The third kappa shape index (κ3) is 3.07. The van der Waals surface area contributed by atoms with Crippen molar-refractivity contribution >= 4 is 0 Å². The number of hydrogen-bond acceptors (Lipinski definition) is 3. The Morgan fingerprint density at radius 3 is 2.35 bits per heavy atom. The number of rotatable bonds is 4. The summed E-state index contributed by atoms with van der Waals surface area (Å²) in [5.74, 6) is 0.514. The molecule has 1 aromatic rings. The SMILES string of the molecule is CC(C)N1C[C@H](Oc2ccccc2)[C@@H]1[C@H](O)C(F)(F)F. The van der Waals surface area contributed by atoms with Crippen LogP contribution in [0.4, 0.5) is 13.2 Å². The van der Waals surface area contributed by atoms with E-state index in [0.717, 1.165) is 0 Å². The Morgan fingerprint density at radius 1 is 1.25 bits per heavy atom. The van der Waals surface area contributed by atoms with Crippen LogP contribution in [0.3, 0.4) is 0 Å². The van der Waals surface area contributed by atoms with E-state index in [4.69, 9.17) is 4.74 Å². The normalized spacial score (nSPS) is 25.4. The van der Waals surface area contributed by atoms with E-state index in [2.05, 4.69) is 0 Å². The fraction of sp³-hybridized carbons (Fsp3) is 0.571. The van der Waals surface area contributed by atoms with Crippen LogP contribution < -0.4 is 4.74 Å². The van der Waals surface area contributed by atoms with Crippen LogP contribution in [-0.4, -0.2) is 47.0 Å². The molecule has 1 saturated heterocycles. The Bertz CT molecular complexity index is 436. The van der Waals surface area contributed by atoms with Crippen molar-refractivity contribution < 1.29 is 23.0 Å². The molecule has 2 rings (SSSR count). The summed E-state index contributed by atoms with van der Waals surface area (Å²) in [5, 5.41) is 9.53. The van der Waals surface area contributed by atoms with Crippen molar-refractivity contribution in [1.29, 1.82) is 0 Å². The molecule has 20 heavy (non-hydrogen) atoms. The number of benzene rings is 1. The van der Waals surface area contributed by atoms with E-state index in [9.17, 15) is 18.3 Å². The maximum absolute atomic E-state index is 12.7. The lowest BCUT2D eigenvalue weighted by molar-refractivity contribution is -0.251. The van der Waals surface area contributed by atoms with Gasteiger partial charge in [-0.25, -0.2) is 0 Å². The average molecular weight is 289 g/mol. The number of para-hydroxylation sites is 1. The number of nitrogens with zero attached hydrogens (tertiary/aromatic N) is 1. The second-order valence-electron chi connectivity index (χ2n) is 5.24. The number of aliphatic hydroxyl groups is 1. The van der Waals surface area contributed by atoms with Crippen molar-refractivity contribution in [3.63, 3.8) is 0 Å². The smallest absolute Gasteiger partial charge is 0.416 e. The van der Waals surface area contributed by atoms with Crippen LogP contribution in [0.1, 0.15) is 13.8 Å². The summed E-state index contributed by atoms with van der Waals surface area (Å²) in [7, 11) is 0. The summed E-state index contributed by atoms with van der Waals surface area (Å²) in [6, 6.07) is 7.55. The lowest BCUT2D eigenvalue weighted by Gasteiger charge is -2.51. The van der Waals surface area contributed by atoms with Crippen LogP contribution in [0.2, 0.25) is 0 Å². The molecule has 1 heterocycles. The minimum absolute atomic E-state index is 0.0763. The fourth-order valence-electron chi connectivity index (χ4n) is 2.43. The van der Waals surface area contributed by atoms with Gasteiger partial charge >= 0.3 is 6.18 Å². The van der Waals surface area contributed by atoms with Gasteiger partial charge in [0.15, 0.2) is 6.10 Å². The van der Waals surface area contributed by atoms with Crippen molar-refractivity contribution in [3.05, 3.63) is 30.3 Å². The van der Waals surface area contributed by atoms with Crippen LogP contribution in [0.15, 0.2) is 30.3 Å². The van der Waals surface area contributed by atoms with Crippen molar-refractivity contribution in [2.45, 2.75) is 44.3 Å². The highest BCUT2D eigenvalue weighted by molar-refractivity contribution is 5.22. The van der Waals surface area contributed by atoms with Gasteiger partial charge in [-0.3, -0.25) is 4.90 Å². The van der Waals surface area contributed by atoms with E-state index in [0.29, 0.717) is 12.3 Å². The summed E-state index contributed by atoms with van der Waals surface area (Å²) in [5.41, 5.74) is 0. The maximum atomic E-state index is 12.7. The summed E-state index contributed by atoms with van der Waals surface area (Å²) >= 11 is 0. The quantitative estimate of drug-likeness (QED) is 0.924. The Labute approximate surface area is 116 Å². The molecule has 112 valence electrons. The molecule has 1 aliphatic rings. The van der Waals surface area contributed by atoms with Gasteiger partial charge in [0.1, 0.15) is 11.9 Å². The highest BCUT2D eigenvalue weighted by Crippen LogP contribution is 2.34. The molecule has 3 nitrogen and oxygen atoms in total. The first-order chi connectivity index (χ1) is 9.30. The minimum atomic E-state index is -4.64. The molecule has 1 N–H and O–H groups in total. The van der Waals surface area contributed by atoms with Gasteiger partial charge in [-0.15, -0.1) is 0 Å². The molecule has 0 spiro atoms. The minimum Gasteiger partial charge on any atom is -0.487 e. The second-order valence-corrected chi connectivity index (χ2v) is 5.24. The third-order valence-corrected chi connectivity index (χ3v) is 3.51. The van der Waals surface area contributed by atoms with E-state index in [1.165, 1.54) is 0 Å². The number of likely N-dealkylation sites (tertiary alicyclic amines) is 1. The van der Waals surface area contributed by atoms with Crippen molar-refractivity contribution in [2.24, 2.45) is 0 Å². The average Bonchev–Trinajstić information content (AvgIpc) is 2.33. The van der Waals surface area contributed by atoms with Gasteiger partial charge < -0.3 is 9.84 Å². The first-order valence-corrected chi connectivity index (χ1v) is 6.53. The number of ether oxygens (including phenoxy) is 1. The number of aliphatic hydroxyl groups excluding tert-OH is 1. The summed E-state index contributed by atoms with van der Waals surface area (Å²) in [6.07, 6.45) is -7.69. The molecule has 0 radical (unpaired) electrons. The third-order valence-electron chi connectivity index (χ3n) is 3.51. The Balaban J connectivity index is 2.10. The Kier molecular flexibility index (Phi) is 4.25. The van der Waals surface area contributed by atoms with Gasteiger partial charge in [-0.1, -0.05) is 18.2 Å². The second kappa shape index (κ2) is 5.61. The van der Waals surface area contributed by atoms with Crippen LogP contribution >= 0.6 is 0 Å². The predicted octanol–water partition coefficient (Wildman–Crippen LogP) is 2.45. The fourth-order valence-corrected chi connectivity index (χ4v) is 2.43. The molecule has 0 aliphatic carbocycles. The van der Waals surface area contributed by atoms with Gasteiger partial charge in [-0.2, -0.15) is 13.2 Å². The molecule has 1 aromatic carbocycles. The molecule has 3 atom stereocenters. The van der Waals surface area contributed by atoms with E-state index < -0.39 is 24.4 Å². The zero-order chi connectivity index (χ0) is 14.9. The van der Waals surface area contributed by atoms with Gasteiger partial charge in [0.2, 0.25) is 0 Å². The molecule has 0 aromatic heterocycles. The van der Waals surface area contributed by atoms with E-state index in [1.807, 2.05) is 0 Å². The summed E-state index contributed by atoms with van der Waals surface area (Å²) in [6.45, 7) is 3.98. The van der Waals surface area contributed by atoms with Crippen molar-refractivity contribution in [3.8, 4) is 5.75 Å². The van der Waals surface area contributed by atoms with Crippen molar-refractivity contribution in [2.75, 3.05) is 6.54 Å². The Hall–Kier alpha value is -1.27. The van der Waals surface area contributed by atoms with E-state index >= 15 is 0 Å². The number of hydrogen-bond donors (Lipinski definition) is 1. The maximum Gasteiger partial charge on any atom is 0.416 e. The van der Waals surface area contributed by atoms with Crippen LogP contribution in [0.25, 0.3) is 0 Å². The van der Waals surface area contributed by atoms with Crippen LogP contribution in [0, 0.1) is 0 Å². The summed E-state index contributed by atoms with van der Waals surface area (Å²) in [4.78, 5) is 1.60. The van der Waals surface area contributed by atoms with Crippen LogP contribution in [-0.2, 0) is 0 Å². The number of alkyl halides is 3. The molecule has 0 bridgehead atoms. The zero-order valence-electron chi connectivity index (χ0n) is 11.3. The lowest BCUT2D eigenvalue weighted by Crippen LogP contribution is -2.71. The highest BCUT2D eigenvalue weighted by atomic mass is 19.4. The standard InChI is InChI=1S/C14H18F3NO2/c1-9(2)18-8-11(12(18)13(19)14(15,16)17)20-10-6-4-3-5-7-10/h3-7,9,11-13,19H,8H2,1-2H3/t11-,12+,13-/m0/s1. The highest BCUT2D eigenvalue weighted by Gasteiger charge is 2.55.